The summed E-state index contributed by atoms with van der Waals surface area (Å²) in [5.41, 5.74) is 7.00. The van der Waals surface area contributed by atoms with Crippen molar-refractivity contribution in [2.24, 2.45) is 0 Å². The molecule has 34 heavy (non-hydrogen) atoms. The molecule has 0 aliphatic heterocycles. The van der Waals surface area contributed by atoms with Crippen molar-refractivity contribution in [3.8, 4) is 11.4 Å². The monoisotopic (exact) mass is 492 g/mol. The standard InChI is InChI=1S/C22H26F2N6O3S/c1-30(2)8-7-26-22(31)28-17-5-3-14(4-6-17)21-27-18(12-20(25)29-21)13-34(32,33)19-10-15(23)9-16(24)11-19/h3-6,10-12,15H,7-9,13H2,1-2H3,(H2,25,27,29)(H2,26,28,31). The number of hydrogen-bond donors (Lipinski definition) is 3. The number of urea groups is 1. The van der Waals surface area contributed by atoms with Gasteiger partial charge in [0.25, 0.3) is 0 Å². The van der Waals surface area contributed by atoms with Gasteiger partial charge in [-0.15, -0.1) is 0 Å². The first-order chi connectivity index (χ1) is 16.0. The number of rotatable bonds is 8. The van der Waals surface area contributed by atoms with Crippen molar-refractivity contribution in [1.29, 1.82) is 0 Å². The first kappa shape index (κ1) is 25.2. The van der Waals surface area contributed by atoms with Crippen molar-refractivity contribution in [3.63, 3.8) is 0 Å². The molecule has 1 aliphatic rings. The maximum atomic E-state index is 13.6. The van der Waals surface area contributed by atoms with Crippen LogP contribution in [0.2, 0.25) is 0 Å². The molecule has 2 amide bonds. The summed E-state index contributed by atoms with van der Waals surface area (Å²) in [7, 11) is -0.242. The van der Waals surface area contributed by atoms with E-state index in [9.17, 15) is 22.0 Å². The molecule has 4 N–H and O–H groups in total. The number of carbonyl (C=O) groups excluding carboxylic acids is 1. The minimum atomic E-state index is -4.05. The highest BCUT2D eigenvalue weighted by Gasteiger charge is 2.25. The van der Waals surface area contributed by atoms with Gasteiger partial charge in [0.15, 0.2) is 15.7 Å². The van der Waals surface area contributed by atoms with Crippen LogP contribution in [0.4, 0.5) is 25.1 Å². The Kier molecular flexibility index (Phi) is 7.94. The summed E-state index contributed by atoms with van der Waals surface area (Å²) in [5, 5.41) is 5.44. The summed E-state index contributed by atoms with van der Waals surface area (Å²) in [6.45, 7) is 1.19. The summed E-state index contributed by atoms with van der Waals surface area (Å²) in [5.74, 6) is -1.21. The number of anilines is 2. The van der Waals surface area contributed by atoms with Crippen LogP contribution in [-0.2, 0) is 15.6 Å². The normalized spacial score (nSPS) is 16.1. The van der Waals surface area contributed by atoms with E-state index in [0.717, 1.165) is 12.2 Å². The third-order valence-corrected chi connectivity index (χ3v) is 6.42. The molecule has 0 fully saturated rings. The number of carbonyl (C=O) groups is 1. The molecule has 0 radical (unpaired) electrons. The number of amides is 2. The lowest BCUT2D eigenvalue weighted by Gasteiger charge is -2.13. The predicted octanol–water partition coefficient (Wildman–Crippen LogP) is 2.80. The molecule has 1 heterocycles. The Labute approximate surface area is 196 Å². The number of aromatic nitrogens is 2. The van der Waals surface area contributed by atoms with Crippen LogP contribution >= 0.6 is 0 Å². The maximum absolute atomic E-state index is 13.6. The van der Waals surface area contributed by atoms with E-state index in [0.29, 0.717) is 24.3 Å². The number of likely N-dealkylation sites (N-methyl/N-ethyl adjacent to an activating group) is 1. The van der Waals surface area contributed by atoms with Gasteiger partial charge in [-0.1, -0.05) is 0 Å². The van der Waals surface area contributed by atoms with Crippen molar-refractivity contribution in [3.05, 3.63) is 58.9 Å². The fraction of sp³-hybridized carbons (Fsp3) is 0.318. The van der Waals surface area contributed by atoms with Crippen LogP contribution in [0.5, 0.6) is 0 Å². The molecule has 0 spiro atoms. The van der Waals surface area contributed by atoms with Crippen LogP contribution in [0.15, 0.2) is 53.2 Å². The van der Waals surface area contributed by atoms with Gasteiger partial charge in [0.05, 0.1) is 16.4 Å². The zero-order valence-electron chi connectivity index (χ0n) is 18.8. The molecule has 1 aromatic carbocycles. The van der Waals surface area contributed by atoms with Gasteiger partial charge in [0.1, 0.15) is 17.8 Å². The van der Waals surface area contributed by atoms with E-state index < -0.39 is 38.9 Å². The number of benzene rings is 1. The van der Waals surface area contributed by atoms with Crippen LogP contribution in [0.1, 0.15) is 12.1 Å². The van der Waals surface area contributed by atoms with E-state index in [1.165, 1.54) is 6.07 Å². The number of halogens is 2. The Morgan fingerprint density at radius 1 is 1.24 bits per heavy atom. The summed E-state index contributed by atoms with van der Waals surface area (Å²) < 4.78 is 52.5. The van der Waals surface area contributed by atoms with Crippen molar-refractivity contribution in [1.82, 2.24) is 20.2 Å². The van der Waals surface area contributed by atoms with Crippen LogP contribution < -0.4 is 16.4 Å². The lowest BCUT2D eigenvalue weighted by molar-refractivity contribution is 0.250. The van der Waals surface area contributed by atoms with E-state index >= 15 is 0 Å². The van der Waals surface area contributed by atoms with Crippen molar-refractivity contribution in [2.45, 2.75) is 18.3 Å². The Morgan fingerprint density at radius 2 is 1.94 bits per heavy atom. The fourth-order valence-corrected chi connectivity index (χ4v) is 4.52. The van der Waals surface area contributed by atoms with Crippen molar-refractivity contribution < 1.29 is 22.0 Å². The summed E-state index contributed by atoms with van der Waals surface area (Å²) >= 11 is 0. The molecule has 1 aromatic heterocycles. The van der Waals surface area contributed by atoms with E-state index in [2.05, 4.69) is 20.6 Å². The second kappa shape index (κ2) is 10.7. The summed E-state index contributed by atoms with van der Waals surface area (Å²) in [6.07, 6.45) is -0.486. The topological polar surface area (TPSA) is 130 Å². The van der Waals surface area contributed by atoms with Crippen LogP contribution in [0, 0.1) is 0 Å². The smallest absolute Gasteiger partial charge is 0.319 e. The molecular weight excluding hydrogens is 466 g/mol. The highest BCUT2D eigenvalue weighted by atomic mass is 32.2. The number of nitrogens with one attached hydrogen (secondary N) is 2. The number of nitrogens with two attached hydrogens (primary N) is 1. The van der Waals surface area contributed by atoms with E-state index in [-0.39, 0.29) is 23.4 Å². The van der Waals surface area contributed by atoms with Gasteiger partial charge >= 0.3 is 6.03 Å². The lowest BCUT2D eigenvalue weighted by Crippen LogP contribution is -2.34. The van der Waals surface area contributed by atoms with Gasteiger partial charge in [0, 0.05) is 36.8 Å². The van der Waals surface area contributed by atoms with E-state index in [1.54, 1.807) is 24.3 Å². The number of hydrogen-bond acceptors (Lipinski definition) is 7. The highest BCUT2D eigenvalue weighted by molar-refractivity contribution is 7.94. The summed E-state index contributed by atoms with van der Waals surface area (Å²) in [6, 6.07) is 7.54. The van der Waals surface area contributed by atoms with Crippen LogP contribution in [0.25, 0.3) is 11.4 Å². The van der Waals surface area contributed by atoms with Crippen molar-refractivity contribution >= 4 is 27.4 Å². The molecule has 0 bridgehead atoms. The molecule has 1 atom stereocenters. The van der Waals surface area contributed by atoms with Crippen LogP contribution in [-0.4, -0.2) is 62.7 Å². The van der Waals surface area contributed by atoms with E-state index in [1.807, 2.05) is 19.0 Å². The number of nitrogen functional groups attached to an aromatic ring is 1. The first-order valence-electron chi connectivity index (χ1n) is 10.4. The lowest BCUT2D eigenvalue weighted by atomic mass is 10.1. The van der Waals surface area contributed by atoms with Gasteiger partial charge in [-0.2, -0.15) is 0 Å². The average molecular weight is 493 g/mol. The maximum Gasteiger partial charge on any atom is 0.319 e. The van der Waals surface area contributed by atoms with E-state index in [4.69, 9.17) is 5.73 Å². The van der Waals surface area contributed by atoms with Gasteiger partial charge in [-0.05, 0) is 50.5 Å². The largest absolute Gasteiger partial charge is 0.384 e. The second-order valence-corrected chi connectivity index (χ2v) is 10.00. The molecule has 9 nitrogen and oxygen atoms in total. The quantitative estimate of drug-likeness (QED) is 0.517. The minimum absolute atomic E-state index is 0.0420. The second-order valence-electron chi connectivity index (χ2n) is 8.01. The zero-order valence-corrected chi connectivity index (χ0v) is 19.6. The number of sulfone groups is 1. The highest BCUT2D eigenvalue weighted by Crippen LogP contribution is 2.27. The average Bonchev–Trinajstić information content (AvgIpc) is 2.72. The molecule has 2 aromatic rings. The number of nitrogens with zero attached hydrogens (tertiary/aromatic N) is 3. The molecule has 12 heteroatoms. The van der Waals surface area contributed by atoms with Crippen molar-refractivity contribution in [2.75, 3.05) is 38.2 Å². The molecule has 182 valence electrons. The molecule has 0 saturated carbocycles. The number of alkyl halides is 1. The fourth-order valence-electron chi connectivity index (χ4n) is 3.15. The molecular formula is C22H26F2N6O3S. The Morgan fingerprint density at radius 3 is 2.59 bits per heavy atom. The van der Waals surface area contributed by atoms with Gasteiger partial charge in [0.2, 0.25) is 0 Å². The SMILES string of the molecule is CN(C)CCNC(=O)Nc1ccc(-c2nc(N)cc(CS(=O)(=O)C3=CC(F)CC(F)=C3)n2)cc1. The Hall–Kier alpha value is -3.38. The third kappa shape index (κ3) is 7.06. The molecule has 0 saturated heterocycles. The minimum Gasteiger partial charge on any atom is -0.384 e. The molecule has 1 aliphatic carbocycles. The summed E-state index contributed by atoms with van der Waals surface area (Å²) in [4.78, 5) is 21.9. The number of allylic oxidation sites excluding steroid dienone is 3. The van der Waals surface area contributed by atoms with Gasteiger partial charge < -0.3 is 21.3 Å². The van der Waals surface area contributed by atoms with Gasteiger partial charge in [-0.3, -0.25) is 0 Å². The first-order valence-corrected chi connectivity index (χ1v) is 12.1. The Balaban J connectivity index is 1.73. The Bertz CT molecular complexity index is 1210. The molecule has 3 rings (SSSR count). The predicted molar refractivity (Wildman–Crippen MR) is 127 cm³/mol. The zero-order chi connectivity index (χ0) is 24.9. The third-order valence-electron chi connectivity index (χ3n) is 4.78. The van der Waals surface area contributed by atoms with Crippen LogP contribution in [0.3, 0.4) is 0 Å². The molecule has 1 unspecified atom stereocenters. The van der Waals surface area contributed by atoms with Gasteiger partial charge in [-0.25, -0.2) is 32.0 Å².